The van der Waals surface area contributed by atoms with E-state index in [9.17, 15) is 14.0 Å². The molecule has 0 bridgehead atoms. The maximum Gasteiger partial charge on any atom is 0.261 e. The minimum absolute atomic E-state index is 0.137. The molecule has 2 aromatic carbocycles. The second-order valence-corrected chi connectivity index (χ2v) is 9.09. The van der Waals surface area contributed by atoms with Gasteiger partial charge in [0.1, 0.15) is 17.6 Å². The Balaban J connectivity index is 1.77. The van der Waals surface area contributed by atoms with E-state index in [0.717, 1.165) is 31.2 Å². The third-order valence-electron chi connectivity index (χ3n) is 5.85. The van der Waals surface area contributed by atoms with Crippen LogP contribution in [0.25, 0.3) is 0 Å². The fourth-order valence-corrected chi connectivity index (χ4v) is 4.38. The van der Waals surface area contributed by atoms with E-state index in [1.165, 1.54) is 35.6 Å². The molecule has 2 amide bonds. The molecule has 0 aliphatic heterocycles. The maximum absolute atomic E-state index is 13.2. The van der Waals surface area contributed by atoms with Gasteiger partial charge in [0.15, 0.2) is 6.61 Å². The minimum Gasteiger partial charge on any atom is -0.484 e. The van der Waals surface area contributed by atoms with Gasteiger partial charge in [0.2, 0.25) is 5.91 Å². The first-order valence-electron chi connectivity index (χ1n) is 11.3. The zero-order valence-corrected chi connectivity index (χ0v) is 20.2. The van der Waals surface area contributed by atoms with E-state index < -0.39 is 6.04 Å². The molecule has 8 heteroatoms. The van der Waals surface area contributed by atoms with Crippen molar-refractivity contribution in [3.8, 4) is 5.75 Å². The molecule has 0 heterocycles. The maximum atomic E-state index is 13.2. The Morgan fingerprint density at radius 1 is 1.09 bits per heavy atom. The Morgan fingerprint density at radius 2 is 1.79 bits per heavy atom. The van der Waals surface area contributed by atoms with Crippen molar-refractivity contribution in [2.24, 2.45) is 0 Å². The van der Waals surface area contributed by atoms with Crippen LogP contribution in [0.4, 0.5) is 4.39 Å². The van der Waals surface area contributed by atoms with E-state index in [-0.39, 0.29) is 36.8 Å². The van der Waals surface area contributed by atoms with Gasteiger partial charge in [-0.3, -0.25) is 9.59 Å². The highest BCUT2D eigenvalue weighted by atomic mass is 35.5. The number of rotatable bonds is 9. The van der Waals surface area contributed by atoms with Crippen molar-refractivity contribution in [1.82, 2.24) is 10.2 Å². The van der Waals surface area contributed by atoms with E-state index in [1.54, 1.807) is 18.2 Å². The number of carbonyl (C=O) groups is 2. The van der Waals surface area contributed by atoms with Gasteiger partial charge < -0.3 is 15.0 Å². The zero-order valence-electron chi connectivity index (χ0n) is 18.7. The Labute approximate surface area is 204 Å². The molecule has 1 N–H and O–H groups in total. The van der Waals surface area contributed by atoms with Crippen LogP contribution in [-0.4, -0.2) is 35.4 Å². The van der Waals surface area contributed by atoms with Crippen molar-refractivity contribution in [2.75, 3.05) is 6.61 Å². The number of nitrogens with zero attached hydrogens (tertiary/aromatic N) is 1. The summed E-state index contributed by atoms with van der Waals surface area (Å²) in [7, 11) is 0. The first kappa shape index (κ1) is 25.3. The SMILES string of the molecule is CCC(C(=O)NC1CCCCC1)N(Cc1ccc(Cl)c(Cl)c1)C(=O)COc1ccc(F)cc1. The van der Waals surface area contributed by atoms with Crippen LogP contribution in [0.2, 0.25) is 10.0 Å². The predicted octanol–water partition coefficient (Wildman–Crippen LogP) is 5.77. The molecule has 0 aromatic heterocycles. The van der Waals surface area contributed by atoms with E-state index in [4.69, 9.17) is 27.9 Å². The van der Waals surface area contributed by atoms with Gasteiger partial charge in [-0.2, -0.15) is 0 Å². The summed E-state index contributed by atoms with van der Waals surface area (Å²) in [5.41, 5.74) is 0.753. The van der Waals surface area contributed by atoms with Gasteiger partial charge in [0.05, 0.1) is 10.0 Å². The number of nitrogens with one attached hydrogen (secondary N) is 1. The second kappa shape index (κ2) is 12.2. The van der Waals surface area contributed by atoms with Crippen LogP contribution in [-0.2, 0) is 16.1 Å². The van der Waals surface area contributed by atoms with Crippen molar-refractivity contribution in [3.63, 3.8) is 0 Å². The normalized spacial score (nSPS) is 15.0. The molecule has 1 aliphatic carbocycles. The molecule has 178 valence electrons. The van der Waals surface area contributed by atoms with Crippen LogP contribution in [0.3, 0.4) is 0 Å². The molecule has 0 spiro atoms. The predicted molar refractivity (Wildman–Crippen MR) is 128 cm³/mol. The smallest absolute Gasteiger partial charge is 0.261 e. The molecule has 3 rings (SSSR count). The molecule has 5 nitrogen and oxygen atoms in total. The summed E-state index contributed by atoms with van der Waals surface area (Å²) in [6.45, 7) is 1.78. The molecule has 1 fully saturated rings. The summed E-state index contributed by atoms with van der Waals surface area (Å²) in [6.07, 6.45) is 5.74. The van der Waals surface area contributed by atoms with E-state index >= 15 is 0 Å². The highest BCUT2D eigenvalue weighted by molar-refractivity contribution is 6.42. The Kier molecular flexibility index (Phi) is 9.39. The number of hydrogen-bond donors (Lipinski definition) is 1. The van der Waals surface area contributed by atoms with Crippen molar-refractivity contribution in [1.29, 1.82) is 0 Å². The molecule has 33 heavy (non-hydrogen) atoms. The van der Waals surface area contributed by atoms with Gasteiger partial charge >= 0.3 is 0 Å². The fraction of sp³-hybridized carbons (Fsp3) is 0.440. The molecular weight excluding hydrogens is 466 g/mol. The average Bonchev–Trinajstić information content (AvgIpc) is 2.81. The van der Waals surface area contributed by atoms with Crippen LogP contribution in [0.15, 0.2) is 42.5 Å². The van der Waals surface area contributed by atoms with Crippen molar-refractivity contribution in [2.45, 2.75) is 64.1 Å². The third-order valence-corrected chi connectivity index (χ3v) is 6.59. The number of carbonyl (C=O) groups excluding carboxylic acids is 2. The van der Waals surface area contributed by atoms with Gasteiger partial charge in [0.25, 0.3) is 5.91 Å². The van der Waals surface area contributed by atoms with Crippen molar-refractivity contribution >= 4 is 35.0 Å². The van der Waals surface area contributed by atoms with E-state index in [1.807, 2.05) is 6.92 Å². The topological polar surface area (TPSA) is 58.6 Å². The molecule has 1 aliphatic rings. The number of halogens is 3. The van der Waals surface area contributed by atoms with Crippen LogP contribution in [0.5, 0.6) is 5.75 Å². The highest BCUT2D eigenvalue weighted by Crippen LogP contribution is 2.24. The largest absolute Gasteiger partial charge is 0.484 e. The lowest BCUT2D eigenvalue weighted by Gasteiger charge is -2.32. The zero-order chi connectivity index (χ0) is 23.8. The molecule has 0 saturated heterocycles. The van der Waals surface area contributed by atoms with Crippen LogP contribution >= 0.6 is 23.2 Å². The molecule has 1 saturated carbocycles. The lowest BCUT2D eigenvalue weighted by atomic mass is 9.95. The Bertz CT molecular complexity index is 949. The standard InChI is InChI=1S/C25H29Cl2FN2O3/c1-2-23(25(32)29-19-6-4-3-5-7-19)30(15-17-8-13-21(26)22(27)14-17)24(31)16-33-20-11-9-18(28)10-12-20/h8-14,19,23H,2-7,15-16H2,1H3,(H,29,32). The van der Waals surface area contributed by atoms with Crippen LogP contribution in [0.1, 0.15) is 51.0 Å². The van der Waals surface area contributed by atoms with Crippen LogP contribution < -0.4 is 10.1 Å². The van der Waals surface area contributed by atoms with Crippen molar-refractivity contribution in [3.05, 3.63) is 63.9 Å². The molecule has 0 radical (unpaired) electrons. The van der Waals surface area contributed by atoms with Gasteiger partial charge in [-0.15, -0.1) is 0 Å². The average molecular weight is 495 g/mol. The summed E-state index contributed by atoms with van der Waals surface area (Å²) >= 11 is 12.2. The second-order valence-electron chi connectivity index (χ2n) is 8.28. The third kappa shape index (κ3) is 7.34. The highest BCUT2D eigenvalue weighted by Gasteiger charge is 2.30. The lowest BCUT2D eigenvalue weighted by molar-refractivity contribution is -0.143. The first-order valence-corrected chi connectivity index (χ1v) is 12.0. The molecule has 2 aromatic rings. The Hall–Kier alpha value is -2.31. The number of amides is 2. The monoisotopic (exact) mass is 494 g/mol. The van der Waals surface area contributed by atoms with E-state index in [0.29, 0.717) is 22.2 Å². The lowest BCUT2D eigenvalue weighted by Crippen LogP contribution is -2.52. The molecule has 1 unspecified atom stereocenters. The van der Waals surface area contributed by atoms with Gasteiger partial charge in [-0.25, -0.2) is 4.39 Å². The summed E-state index contributed by atoms with van der Waals surface area (Å²) in [6, 6.07) is 10.1. The summed E-state index contributed by atoms with van der Waals surface area (Å²) < 4.78 is 18.7. The quantitative estimate of drug-likeness (QED) is 0.481. The molecule has 1 atom stereocenters. The van der Waals surface area contributed by atoms with Gasteiger partial charge in [0, 0.05) is 12.6 Å². The van der Waals surface area contributed by atoms with Crippen LogP contribution in [0, 0.1) is 5.82 Å². The van der Waals surface area contributed by atoms with Gasteiger partial charge in [-0.1, -0.05) is 55.5 Å². The minimum atomic E-state index is -0.661. The number of hydrogen-bond acceptors (Lipinski definition) is 3. The van der Waals surface area contributed by atoms with E-state index in [2.05, 4.69) is 5.32 Å². The molecular formula is C25H29Cl2FN2O3. The summed E-state index contributed by atoms with van der Waals surface area (Å²) in [5, 5.41) is 3.92. The van der Waals surface area contributed by atoms with Crippen molar-refractivity contribution < 1.29 is 18.7 Å². The number of benzene rings is 2. The fourth-order valence-electron chi connectivity index (χ4n) is 4.06. The Morgan fingerprint density at radius 3 is 2.42 bits per heavy atom. The summed E-state index contributed by atoms with van der Waals surface area (Å²) in [5.74, 6) is -0.532. The van der Waals surface area contributed by atoms with Gasteiger partial charge in [-0.05, 0) is 61.2 Å². The first-order chi connectivity index (χ1) is 15.9. The summed E-state index contributed by atoms with van der Waals surface area (Å²) in [4.78, 5) is 27.9. The number of ether oxygens (including phenoxy) is 1.